The first kappa shape index (κ1) is 14.7. The number of benzene rings is 1. The maximum Gasteiger partial charge on any atom is 0.253 e. The van der Waals surface area contributed by atoms with Crippen molar-refractivity contribution < 1.29 is 4.79 Å². The van der Waals surface area contributed by atoms with E-state index in [9.17, 15) is 4.79 Å². The van der Waals surface area contributed by atoms with Crippen LogP contribution in [0.5, 0.6) is 0 Å². The second-order valence-corrected chi connectivity index (χ2v) is 5.81. The first-order chi connectivity index (χ1) is 9.56. The molecule has 0 fully saturated rings. The van der Waals surface area contributed by atoms with Crippen LogP contribution in [0.25, 0.3) is 0 Å². The molecule has 0 aliphatic rings. The van der Waals surface area contributed by atoms with Crippen LogP contribution in [0.4, 0.5) is 0 Å². The van der Waals surface area contributed by atoms with Gasteiger partial charge in [0.05, 0.1) is 5.56 Å². The predicted octanol–water partition coefficient (Wildman–Crippen LogP) is 3.51. The number of nitrogens with zero attached hydrogens (tertiary/aromatic N) is 1. The average Bonchev–Trinajstić information content (AvgIpc) is 2.41. The highest BCUT2D eigenvalue weighted by molar-refractivity contribution is 9.10. The van der Waals surface area contributed by atoms with Crippen molar-refractivity contribution in [1.82, 2.24) is 10.3 Å². The Morgan fingerprint density at radius 3 is 2.80 bits per heavy atom. The summed E-state index contributed by atoms with van der Waals surface area (Å²) in [5.74, 6) is -0.0973. The van der Waals surface area contributed by atoms with E-state index in [0.29, 0.717) is 5.56 Å². The largest absolute Gasteiger partial charge is 0.349 e. The van der Waals surface area contributed by atoms with Gasteiger partial charge in [0.15, 0.2) is 0 Å². The third kappa shape index (κ3) is 3.90. The molecule has 0 saturated carbocycles. The molecular weight excluding hydrogens is 316 g/mol. The number of nitrogens with one attached hydrogen (secondary N) is 1. The molecule has 1 N–H and O–H groups in total. The van der Waals surface area contributed by atoms with Gasteiger partial charge < -0.3 is 5.32 Å². The lowest BCUT2D eigenvalue weighted by Crippen LogP contribution is -2.34. The number of carbonyl (C=O) groups is 1. The SMILES string of the molecule is Cc1ccccc1CC(C)NC(=O)c1cncc(Br)c1. The minimum atomic E-state index is -0.0973. The third-order valence-corrected chi connectivity index (χ3v) is 3.57. The van der Waals surface area contributed by atoms with Crippen LogP contribution < -0.4 is 5.32 Å². The summed E-state index contributed by atoms with van der Waals surface area (Å²) in [6.07, 6.45) is 4.05. The Balaban J connectivity index is 2.00. The molecule has 1 aromatic carbocycles. The molecule has 1 aromatic heterocycles. The van der Waals surface area contributed by atoms with Gasteiger partial charge in [-0.15, -0.1) is 0 Å². The maximum absolute atomic E-state index is 12.1. The zero-order chi connectivity index (χ0) is 14.5. The number of halogens is 1. The summed E-state index contributed by atoms with van der Waals surface area (Å²) in [6, 6.07) is 10.1. The van der Waals surface area contributed by atoms with Crippen LogP contribution in [0.15, 0.2) is 47.2 Å². The molecule has 1 atom stereocenters. The minimum Gasteiger partial charge on any atom is -0.349 e. The Labute approximate surface area is 127 Å². The van der Waals surface area contributed by atoms with Crippen molar-refractivity contribution in [3.63, 3.8) is 0 Å². The molecular formula is C16H17BrN2O. The predicted molar refractivity (Wildman–Crippen MR) is 83.7 cm³/mol. The van der Waals surface area contributed by atoms with Gasteiger partial charge in [0.25, 0.3) is 5.91 Å². The summed E-state index contributed by atoms with van der Waals surface area (Å²) >= 11 is 3.32. The number of pyridine rings is 1. The van der Waals surface area contributed by atoms with E-state index in [2.05, 4.69) is 45.3 Å². The number of carbonyl (C=O) groups excluding carboxylic acids is 1. The molecule has 0 spiro atoms. The van der Waals surface area contributed by atoms with Crippen molar-refractivity contribution in [2.75, 3.05) is 0 Å². The van der Waals surface area contributed by atoms with E-state index in [1.165, 1.54) is 11.1 Å². The van der Waals surface area contributed by atoms with Crippen LogP contribution >= 0.6 is 15.9 Å². The van der Waals surface area contributed by atoms with Crippen LogP contribution in [-0.2, 0) is 6.42 Å². The van der Waals surface area contributed by atoms with Gasteiger partial charge >= 0.3 is 0 Å². The van der Waals surface area contributed by atoms with E-state index in [1.54, 1.807) is 18.5 Å². The van der Waals surface area contributed by atoms with Crippen molar-refractivity contribution in [3.05, 3.63) is 63.9 Å². The van der Waals surface area contributed by atoms with Gasteiger partial charge in [-0.05, 0) is 53.4 Å². The summed E-state index contributed by atoms with van der Waals surface area (Å²) in [4.78, 5) is 16.1. The number of amides is 1. The van der Waals surface area contributed by atoms with E-state index < -0.39 is 0 Å². The zero-order valence-electron chi connectivity index (χ0n) is 11.6. The topological polar surface area (TPSA) is 42.0 Å². The van der Waals surface area contributed by atoms with E-state index in [0.717, 1.165) is 10.9 Å². The quantitative estimate of drug-likeness (QED) is 0.930. The standard InChI is InChI=1S/C16H17BrN2O/c1-11-5-3-4-6-13(11)7-12(2)19-16(20)14-8-15(17)10-18-9-14/h3-6,8-10,12H,7H2,1-2H3,(H,19,20). The van der Waals surface area contributed by atoms with Gasteiger partial charge in [0, 0.05) is 22.9 Å². The van der Waals surface area contributed by atoms with E-state index >= 15 is 0 Å². The van der Waals surface area contributed by atoms with E-state index in [1.807, 2.05) is 19.1 Å². The van der Waals surface area contributed by atoms with Crippen molar-refractivity contribution in [1.29, 1.82) is 0 Å². The lowest BCUT2D eigenvalue weighted by molar-refractivity contribution is 0.0939. The lowest BCUT2D eigenvalue weighted by atomic mass is 10.0. The maximum atomic E-state index is 12.1. The van der Waals surface area contributed by atoms with Crippen molar-refractivity contribution in [2.45, 2.75) is 26.3 Å². The number of aryl methyl sites for hydroxylation is 1. The van der Waals surface area contributed by atoms with Gasteiger partial charge in [0.2, 0.25) is 0 Å². The van der Waals surface area contributed by atoms with Gasteiger partial charge in [-0.2, -0.15) is 0 Å². The van der Waals surface area contributed by atoms with E-state index in [-0.39, 0.29) is 11.9 Å². The van der Waals surface area contributed by atoms with Crippen molar-refractivity contribution >= 4 is 21.8 Å². The highest BCUT2D eigenvalue weighted by Gasteiger charge is 2.11. The molecule has 0 radical (unpaired) electrons. The fraction of sp³-hybridized carbons (Fsp3) is 0.250. The van der Waals surface area contributed by atoms with Gasteiger partial charge in [-0.3, -0.25) is 9.78 Å². The van der Waals surface area contributed by atoms with Crippen LogP contribution in [0.3, 0.4) is 0 Å². The van der Waals surface area contributed by atoms with Gasteiger partial charge in [0.1, 0.15) is 0 Å². The molecule has 0 bridgehead atoms. The van der Waals surface area contributed by atoms with Crippen LogP contribution in [0.1, 0.15) is 28.4 Å². The molecule has 0 saturated heterocycles. The first-order valence-corrected chi connectivity index (χ1v) is 7.31. The number of hydrogen-bond donors (Lipinski definition) is 1. The molecule has 2 rings (SSSR count). The second-order valence-electron chi connectivity index (χ2n) is 4.90. The van der Waals surface area contributed by atoms with Gasteiger partial charge in [-0.1, -0.05) is 24.3 Å². The van der Waals surface area contributed by atoms with Crippen molar-refractivity contribution in [3.8, 4) is 0 Å². The van der Waals surface area contributed by atoms with Crippen LogP contribution in [0.2, 0.25) is 0 Å². The zero-order valence-corrected chi connectivity index (χ0v) is 13.1. The number of hydrogen-bond acceptors (Lipinski definition) is 2. The normalized spacial score (nSPS) is 11.9. The van der Waals surface area contributed by atoms with Crippen molar-refractivity contribution in [2.24, 2.45) is 0 Å². The number of rotatable bonds is 4. The summed E-state index contributed by atoms with van der Waals surface area (Å²) in [5, 5.41) is 3.00. The van der Waals surface area contributed by atoms with Crippen LogP contribution in [0, 0.1) is 6.92 Å². The molecule has 1 unspecified atom stereocenters. The highest BCUT2D eigenvalue weighted by Crippen LogP contribution is 2.12. The molecule has 20 heavy (non-hydrogen) atoms. The summed E-state index contributed by atoms with van der Waals surface area (Å²) < 4.78 is 0.803. The molecule has 2 aromatic rings. The van der Waals surface area contributed by atoms with Gasteiger partial charge in [-0.25, -0.2) is 0 Å². The Kier molecular flexibility index (Phi) is 4.90. The molecule has 104 valence electrons. The fourth-order valence-corrected chi connectivity index (χ4v) is 2.43. The smallest absolute Gasteiger partial charge is 0.253 e. The molecule has 0 aliphatic heterocycles. The lowest BCUT2D eigenvalue weighted by Gasteiger charge is -2.15. The Morgan fingerprint density at radius 1 is 1.35 bits per heavy atom. The third-order valence-electron chi connectivity index (χ3n) is 3.13. The Hall–Kier alpha value is -1.68. The minimum absolute atomic E-state index is 0.0718. The van der Waals surface area contributed by atoms with Crippen LogP contribution in [-0.4, -0.2) is 16.9 Å². The fourth-order valence-electron chi connectivity index (χ4n) is 2.06. The summed E-state index contributed by atoms with van der Waals surface area (Å²) in [5.41, 5.74) is 3.07. The summed E-state index contributed by atoms with van der Waals surface area (Å²) in [6.45, 7) is 4.10. The molecule has 3 nitrogen and oxygen atoms in total. The molecule has 4 heteroatoms. The first-order valence-electron chi connectivity index (χ1n) is 6.52. The second kappa shape index (κ2) is 6.66. The van der Waals surface area contributed by atoms with E-state index in [4.69, 9.17) is 0 Å². The molecule has 1 heterocycles. The number of aromatic nitrogens is 1. The highest BCUT2D eigenvalue weighted by atomic mass is 79.9. The molecule has 1 amide bonds. The monoisotopic (exact) mass is 332 g/mol. The molecule has 0 aliphatic carbocycles. The Bertz CT molecular complexity index is 613. The Morgan fingerprint density at radius 2 is 2.10 bits per heavy atom. The average molecular weight is 333 g/mol. The summed E-state index contributed by atoms with van der Waals surface area (Å²) in [7, 11) is 0.